The maximum Gasteiger partial charge on any atom is 0.320 e. The predicted octanol–water partition coefficient (Wildman–Crippen LogP) is 2.66. The second-order valence-corrected chi connectivity index (χ2v) is 9.86. The van der Waals surface area contributed by atoms with Crippen molar-refractivity contribution in [2.45, 2.75) is 85.4 Å². The number of likely N-dealkylation sites (N-methyl/N-ethyl adjacent to an activating group) is 1. The fourth-order valence-corrected chi connectivity index (χ4v) is 4.94. The molecule has 182 valence electrons. The molecule has 0 saturated carbocycles. The molecular formula is C24H48N4O3. The van der Waals surface area contributed by atoms with Crippen molar-refractivity contribution in [3.8, 4) is 0 Å². The van der Waals surface area contributed by atoms with Gasteiger partial charge in [0.05, 0.1) is 0 Å². The van der Waals surface area contributed by atoms with E-state index in [0.717, 1.165) is 32.6 Å². The van der Waals surface area contributed by atoms with E-state index in [-0.39, 0.29) is 17.7 Å². The molecule has 0 aromatic rings. The van der Waals surface area contributed by atoms with Crippen LogP contribution in [0.4, 0.5) is 0 Å². The van der Waals surface area contributed by atoms with E-state index in [1.807, 2.05) is 13.8 Å². The van der Waals surface area contributed by atoms with Gasteiger partial charge in [-0.05, 0) is 52.0 Å². The molecule has 1 rings (SSSR count). The molecule has 1 fully saturated rings. The van der Waals surface area contributed by atoms with Crippen LogP contribution in [-0.4, -0.2) is 84.7 Å². The molecule has 7 nitrogen and oxygen atoms in total. The van der Waals surface area contributed by atoms with Gasteiger partial charge in [0.25, 0.3) is 0 Å². The summed E-state index contributed by atoms with van der Waals surface area (Å²) in [7, 11) is 1.65. The summed E-state index contributed by atoms with van der Waals surface area (Å²) in [5.41, 5.74) is 0. The van der Waals surface area contributed by atoms with Gasteiger partial charge >= 0.3 is 5.97 Å². The zero-order chi connectivity index (χ0) is 23.6. The Labute approximate surface area is 190 Å². The average molecular weight is 441 g/mol. The molecule has 0 bridgehead atoms. The highest BCUT2D eigenvalue weighted by Crippen LogP contribution is 2.18. The largest absolute Gasteiger partial charge is 0.480 e. The molecule has 0 radical (unpaired) electrons. The van der Waals surface area contributed by atoms with Crippen molar-refractivity contribution in [1.29, 1.82) is 0 Å². The highest BCUT2D eigenvalue weighted by Gasteiger charge is 2.27. The molecule has 1 saturated heterocycles. The van der Waals surface area contributed by atoms with Crippen LogP contribution in [0.2, 0.25) is 0 Å². The van der Waals surface area contributed by atoms with E-state index in [2.05, 4.69) is 48.1 Å². The SMILES string of the molecule is CCCC(C)N1CCN(C(C)CC(C)CNC(=O)C(C)CC(C)C(NC)C(=O)O)CC1. The van der Waals surface area contributed by atoms with Crippen LogP contribution in [0.5, 0.6) is 0 Å². The Balaban J connectivity index is 2.35. The Morgan fingerprint density at radius 3 is 1.97 bits per heavy atom. The number of nitrogens with zero attached hydrogens (tertiary/aromatic N) is 2. The van der Waals surface area contributed by atoms with Crippen LogP contribution in [0.15, 0.2) is 0 Å². The molecule has 1 amide bonds. The van der Waals surface area contributed by atoms with Crippen LogP contribution in [-0.2, 0) is 9.59 Å². The Bertz CT molecular complexity index is 537. The van der Waals surface area contributed by atoms with Gasteiger partial charge in [-0.3, -0.25) is 19.4 Å². The minimum atomic E-state index is -0.870. The Kier molecular flexibility index (Phi) is 12.6. The molecule has 0 aromatic heterocycles. The topological polar surface area (TPSA) is 84.9 Å². The first-order valence-corrected chi connectivity index (χ1v) is 12.3. The van der Waals surface area contributed by atoms with Gasteiger partial charge in [-0.2, -0.15) is 0 Å². The average Bonchev–Trinajstić information content (AvgIpc) is 2.72. The number of hydrogen-bond acceptors (Lipinski definition) is 5. The quantitative estimate of drug-likeness (QED) is 0.385. The second-order valence-electron chi connectivity index (χ2n) is 9.86. The van der Waals surface area contributed by atoms with E-state index in [4.69, 9.17) is 0 Å². The van der Waals surface area contributed by atoms with Gasteiger partial charge in [-0.15, -0.1) is 0 Å². The number of amides is 1. The molecule has 6 unspecified atom stereocenters. The second kappa shape index (κ2) is 14.1. The van der Waals surface area contributed by atoms with E-state index in [1.165, 1.54) is 12.8 Å². The number of piperazine rings is 1. The third-order valence-electron chi connectivity index (χ3n) is 6.99. The fourth-order valence-electron chi connectivity index (χ4n) is 4.94. The molecule has 3 N–H and O–H groups in total. The molecule has 31 heavy (non-hydrogen) atoms. The number of carbonyl (C=O) groups is 2. The molecule has 1 aliphatic rings. The number of hydrogen-bond donors (Lipinski definition) is 3. The van der Waals surface area contributed by atoms with Crippen molar-refractivity contribution in [1.82, 2.24) is 20.4 Å². The lowest BCUT2D eigenvalue weighted by Crippen LogP contribution is -2.52. The Hall–Kier alpha value is -1.18. The molecule has 7 heteroatoms. The number of carbonyl (C=O) groups excluding carboxylic acids is 1. The third-order valence-corrected chi connectivity index (χ3v) is 6.99. The molecule has 0 aliphatic carbocycles. The zero-order valence-electron chi connectivity index (χ0n) is 21.0. The third kappa shape index (κ3) is 9.46. The van der Waals surface area contributed by atoms with Gasteiger partial charge in [0.15, 0.2) is 0 Å². The summed E-state index contributed by atoms with van der Waals surface area (Å²) >= 11 is 0. The minimum Gasteiger partial charge on any atom is -0.480 e. The highest BCUT2D eigenvalue weighted by atomic mass is 16.4. The monoisotopic (exact) mass is 440 g/mol. The minimum absolute atomic E-state index is 0.0186. The summed E-state index contributed by atoms with van der Waals surface area (Å²) < 4.78 is 0. The fraction of sp³-hybridized carbons (Fsp3) is 0.917. The van der Waals surface area contributed by atoms with E-state index in [1.54, 1.807) is 7.05 Å². The molecule has 1 aliphatic heterocycles. The van der Waals surface area contributed by atoms with Crippen LogP contribution in [0, 0.1) is 17.8 Å². The summed E-state index contributed by atoms with van der Waals surface area (Å²) in [4.78, 5) is 29.0. The van der Waals surface area contributed by atoms with Crippen LogP contribution in [0.25, 0.3) is 0 Å². The summed E-state index contributed by atoms with van der Waals surface area (Å²) in [5.74, 6) is -0.756. The lowest BCUT2D eigenvalue weighted by atomic mass is 9.90. The maximum atomic E-state index is 12.5. The lowest BCUT2D eigenvalue weighted by molar-refractivity contribution is -0.141. The number of nitrogens with one attached hydrogen (secondary N) is 2. The van der Waals surface area contributed by atoms with Crippen LogP contribution >= 0.6 is 0 Å². The first kappa shape index (κ1) is 27.9. The summed E-state index contributed by atoms with van der Waals surface area (Å²) in [6.45, 7) is 18.1. The van der Waals surface area contributed by atoms with Crippen molar-refractivity contribution < 1.29 is 14.7 Å². The van der Waals surface area contributed by atoms with Gasteiger partial charge < -0.3 is 15.7 Å². The first-order valence-electron chi connectivity index (χ1n) is 12.3. The van der Waals surface area contributed by atoms with E-state index in [9.17, 15) is 14.7 Å². The van der Waals surface area contributed by atoms with E-state index < -0.39 is 12.0 Å². The predicted molar refractivity (Wildman–Crippen MR) is 127 cm³/mol. The number of rotatable bonds is 14. The van der Waals surface area contributed by atoms with E-state index in [0.29, 0.717) is 31.0 Å². The zero-order valence-corrected chi connectivity index (χ0v) is 21.0. The van der Waals surface area contributed by atoms with Gasteiger partial charge in [-0.25, -0.2) is 0 Å². The smallest absolute Gasteiger partial charge is 0.320 e. The van der Waals surface area contributed by atoms with E-state index >= 15 is 0 Å². The Morgan fingerprint density at radius 1 is 0.935 bits per heavy atom. The standard InChI is InChI=1S/C24H48N4O3/c1-8-9-20(5)27-10-12-28(13-11-27)21(6)14-17(2)16-26-23(29)19(4)15-18(3)22(25-7)24(30)31/h17-22,25H,8-16H2,1-7H3,(H,26,29)(H,30,31). The number of carboxylic acids is 1. The van der Waals surface area contributed by atoms with Crippen LogP contribution < -0.4 is 10.6 Å². The van der Waals surface area contributed by atoms with Gasteiger partial charge in [0, 0.05) is 50.7 Å². The van der Waals surface area contributed by atoms with Gasteiger partial charge in [0.2, 0.25) is 5.91 Å². The first-order chi connectivity index (χ1) is 14.6. The lowest BCUT2D eigenvalue weighted by Gasteiger charge is -2.41. The van der Waals surface area contributed by atoms with Gasteiger partial charge in [0.1, 0.15) is 6.04 Å². The van der Waals surface area contributed by atoms with Crippen molar-refractivity contribution in [2.24, 2.45) is 17.8 Å². The van der Waals surface area contributed by atoms with Crippen molar-refractivity contribution in [3.05, 3.63) is 0 Å². The van der Waals surface area contributed by atoms with Crippen molar-refractivity contribution in [2.75, 3.05) is 39.8 Å². The van der Waals surface area contributed by atoms with Gasteiger partial charge in [-0.1, -0.05) is 34.1 Å². The van der Waals surface area contributed by atoms with Crippen LogP contribution in [0.1, 0.15) is 67.2 Å². The molecular weight excluding hydrogens is 392 g/mol. The summed E-state index contributed by atoms with van der Waals surface area (Å²) in [6, 6.07) is 0.570. The molecule has 6 atom stereocenters. The van der Waals surface area contributed by atoms with Crippen molar-refractivity contribution in [3.63, 3.8) is 0 Å². The Morgan fingerprint density at radius 2 is 1.48 bits per heavy atom. The van der Waals surface area contributed by atoms with Crippen LogP contribution in [0.3, 0.4) is 0 Å². The number of aliphatic carboxylic acids is 1. The summed E-state index contributed by atoms with van der Waals surface area (Å²) in [6.07, 6.45) is 4.13. The molecule has 0 aromatic carbocycles. The molecule has 0 spiro atoms. The number of carboxylic acid groups (broad SMARTS) is 1. The normalized spacial score (nSPS) is 21.6. The summed E-state index contributed by atoms with van der Waals surface area (Å²) in [5, 5.41) is 15.2. The molecule has 1 heterocycles. The maximum absolute atomic E-state index is 12.5. The van der Waals surface area contributed by atoms with Crippen molar-refractivity contribution >= 4 is 11.9 Å². The highest BCUT2D eigenvalue weighted by molar-refractivity contribution is 5.78.